The van der Waals surface area contributed by atoms with Gasteiger partial charge in [0, 0.05) is 31.1 Å². The van der Waals surface area contributed by atoms with Gasteiger partial charge in [0.25, 0.3) is 5.91 Å². The first-order valence-electron chi connectivity index (χ1n) is 8.78. The van der Waals surface area contributed by atoms with Gasteiger partial charge < -0.3 is 5.32 Å². The molecule has 1 N–H and O–H groups in total. The van der Waals surface area contributed by atoms with Crippen LogP contribution in [0.15, 0.2) is 42.7 Å². The molecule has 1 amide bonds. The monoisotopic (exact) mass is 443 g/mol. The lowest BCUT2D eigenvalue weighted by Gasteiger charge is -2.14. The lowest BCUT2D eigenvalue weighted by atomic mass is 10.1. The summed E-state index contributed by atoms with van der Waals surface area (Å²) in [5.74, 6) is -0.772. The van der Waals surface area contributed by atoms with Crippen molar-refractivity contribution in [1.82, 2.24) is 25.1 Å². The smallest absolute Gasteiger partial charge is 0.344 e. The van der Waals surface area contributed by atoms with Gasteiger partial charge in [-0.2, -0.15) is 31.4 Å². The number of aryl methyl sites for hydroxylation is 1. The number of nitrogens with one attached hydrogen (secondary N) is 1. The molecule has 0 aliphatic carbocycles. The Morgan fingerprint density at radius 3 is 2.23 bits per heavy atom. The van der Waals surface area contributed by atoms with Crippen LogP contribution in [0.3, 0.4) is 0 Å². The molecule has 0 unspecified atom stereocenters. The summed E-state index contributed by atoms with van der Waals surface area (Å²) in [7, 11) is 1.22. The molecule has 0 spiro atoms. The van der Waals surface area contributed by atoms with Crippen molar-refractivity contribution in [3.63, 3.8) is 0 Å². The highest BCUT2D eigenvalue weighted by Gasteiger charge is 2.35. The molecule has 0 radical (unpaired) electrons. The number of carbonyl (C=O) groups excluding carboxylic acids is 1. The van der Waals surface area contributed by atoms with E-state index < -0.39 is 35.7 Å². The van der Waals surface area contributed by atoms with Gasteiger partial charge in [-0.05, 0) is 30.7 Å². The number of halogens is 6. The van der Waals surface area contributed by atoms with Crippen LogP contribution >= 0.6 is 0 Å². The van der Waals surface area contributed by atoms with Gasteiger partial charge in [0.05, 0.1) is 11.7 Å². The van der Waals surface area contributed by atoms with Crippen molar-refractivity contribution in [2.75, 3.05) is 0 Å². The van der Waals surface area contributed by atoms with Crippen LogP contribution < -0.4 is 5.32 Å². The molecule has 0 saturated heterocycles. The second kappa shape index (κ2) is 8.00. The highest BCUT2D eigenvalue weighted by atomic mass is 19.4. The Morgan fingerprint density at radius 1 is 1.00 bits per heavy atom. The molecule has 31 heavy (non-hydrogen) atoms. The van der Waals surface area contributed by atoms with Gasteiger partial charge in [-0.25, -0.2) is 0 Å². The number of pyridine rings is 2. The number of nitrogens with zero attached hydrogens (tertiary/aromatic N) is 4. The Kier molecular flexibility index (Phi) is 5.74. The van der Waals surface area contributed by atoms with Crippen LogP contribution in [0.5, 0.6) is 0 Å². The molecule has 3 aromatic rings. The Morgan fingerprint density at radius 2 is 1.68 bits per heavy atom. The third kappa shape index (κ3) is 5.01. The van der Waals surface area contributed by atoms with Crippen molar-refractivity contribution >= 4 is 5.91 Å². The molecule has 0 fully saturated rings. The summed E-state index contributed by atoms with van der Waals surface area (Å²) in [6.45, 7) is 1.59. The Hall–Kier alpha value is -3.44. The van der Waals surface area contributed by atoms with E-state index in [-0.39, 0.29) is 17.0 Å². The highest BCUT2D eigenvalue weighted by molar-refractivity contribution is 5.93. The largest absolute Gasteiger partial charge is 0.435 e. The van der Waals surface area contributed by atoms with Gasteiger partial charge in [0.1, 0.15) is 11.4 Å². The van der Waals surface area contributed by atoms with Gasteiger partial charge in [-0.3, -0.25) is 19.4 Å². The van der Waals surface area contributed by atoms with Crippen molar-refractivity contribution < 1.29 is 31.1 Å². The summed E-state index contributed by atoms with van der Waals surface area (Å²) >= 11 is 0. The van der Waals surface area contributed by atoms with Gasteiger partial charge in [-0.15, -0.1) is 0 Å². The minimum atomic E-state index is -4.68. The van der Waals surface area contributed by atoms with Gasteiger partial charge in [0.2, 0.25) is 0 Å². The fourth-order valence-corrected chi connectivity index (χ4v) is 2.75. The van der Waals surface area contributed by atoms with E-state index >= 15 is 0 Å². The molecule has 0 aromatic carbocycles. The first-order chi connectivity index (χ1) is 14.4. The maximum Gasteiger partial charge on any atom is 0.435 e. The van der Waals surface area contributed by atoms with E-state index in [1.54, 1.807) is 13.0 Å². The van der Waals surface area contributed by atoms with E-state index in [4.69, 9.17) is 0 Å². The minimum Gasteiger partial charge on any atom is -0.344 e. The standard InChI is InChI=1S/C19H15F6N5O/c1-10(28-17(31)14-8-16(19(23,24)25)29-30(14)2)12-3-4-13(27-9-12)11-5-6-26-15(7-11)18(20,21)22/h3-10H,1-2H3,(H,28,31)/t10-/m0/s1. The fourth-order valence-electron chi connectivity index (χ4n) is 2.75. The van der Waals surface area contributed by atoms with Crippen molar-refractivity contribution in [2.45, 2.75) is 25.3 Å². The van der Waals surface area contributed by atoms with Crippen molar-refractivity contribution in [1.29, 1.82) is 0 Å². The van der Waals surface area contributed by atoms with Crippen molar-refractivity contribution in [3.8, 4) is 11.3 Å². The zero-order chi connectivity index (χ0) is 23.0. The fraction of sp³-hybridized carbons (Fsp3) is 0.263. The predicted octanol–water partition coefficient (Wildman–Crippen LogP) is 4.41. The second-order valence-corrected chi connectivity index (χ2v) is 6.64. The lowest BCUT2D eigenvalue weighted by Crippen LogP contribution is -2.28. The summed E-state index contributed by atoms with van der Waals surface area (Å²) in [6, 6.07) is 5.27. The zero-order valence-corrected chi connectivity index (χ0v) is 16.1. The molecule has 3 aromatic heterocycles. The van der Waals surface area contributed by atoms with Crippen LogP contribution in [0.25, 0.3) is 11.3 Å². The highest BCUT2D eigenvalue weighted by Crippen LogP contribution is 2.30. The SMILES string of the molecule is C[C@H](NC(=O)c1cc(C(F)(F)F)nn1C)c1ccc(-c2ccnc(C(F)(F)F)c2)nc1. The van der Waals surface area contributed by atoms with Crippen LogP contribution in [0.4, 0.5) is 26.3 Å². The van der Waals surface area contributed by atoms with Gasteiger partial charge in [-0.1, -0.05) is 6.07 Å². The van der Waals surface area contributed by atoms with E-state index in [2.05, 4.69) is 20.4 Å². The summed E-state index contributed by atoms with van der Waals surface area (Å²) in [5, 5.41) is 5.83. The number of aromatic nitrogens is 4. The number of alkyl halides is 6. The molecular formula is C19H15F6N5O. The van der Waals surface area contributed by atoms with E-state index in [9.17, 15) is 31.1 Å². The molecule has 1 atom stereocenters. The van der Waals surface area contributed by atoms with Crippen LogP contribution in [-0.4, -0.2) is 25.7 Å². The summed E-state index contributed by atoms with van der Waals surface area (Å²) in [6.07, 6.45) is -6.88. The molecule has 3 rings (SSSR count). The van der Waals surface area contributed by atoms with E-state index in [1.807, 2.05) is 0 Å². The summed E-state index contributed by atoms with van der Waals surface area (Å²) in [4.78, 5) is 19.7. The summed E-state index contributed by atoms with van der Waals surface area (Å²) in [5.41, 5.74) is -1.54. The Bertz CT molecular complexity index is 1090. The number of carbonyl (C=O) groups is 1. The molecule has 12 heteroatoms. The molecule has 0 aliphatic rings. The van der Waals surface area contributed by atoms with Crippen LogP contribution in [0.1, 0.15) is 40.4 Å². The normalized spacial score (nSPS) is 13.2. The van der Waals surface area contributed by atoms with Crippen LogP contribution in [0.2, 0.25) is 0 Å². The first-order valence-corrected chi connectivity index (χ1v) is 8.78. The first kappa shape index (κ1) is 22.2. The van der Waals surface area contributed by atoms with E-state index in [0.29, 0.717) is 11.6 Å². The lowest BCUT2D eigenvalue weighted by molar-refractivity contribution is -0.142. The average molecular weight is 443 g/mol. The van der Waals surface area contributed by atoms with Crippen LogP contribution in [0, 0.1) is 0 Å². The van der Waals surface area contributed by atoms with Crippen molar-refractivity contribution in [2.24, 2.45) is 7.05 Å². The molecule has 6 nitrogen and oxygen atoms in total. The zero-order valence-electron chi connectivity index (χ0n) is 16.1. The number of hydrogen-bond acceptors (Lipinski definition) is 4. The van der Waals surface area contributed by atoms with Crippen LogP contribution in [-0.2, 0) is 19.4 Å². The molecule has 164 valence electrons. The maximum atomic E-state index is 12.8. The molecule has 0 saturated carbocycles. The Balaban J connectivity index is 1.75. The topological polar surface area (TPSA) is 72.7 Å². The van der Waals surface area contributed by atoms with Gasteiger partial charge >= 0.3 is 12.4 Å². The van der Waals surface area contributed by atoms with Gasteiger partial charge in [0.15, 0.2) is 5.69 Å². The molecule has 3 heterocycles. The minimum absolute atomic E-state index is 0.208. The average Bonchev–Trinajstić information content (AvgIpc) is 3.10. The Labute approximate surface area is 171 Å². The maximum absolute atomic E-state index is 12.8. The number of amides is 1. The number of hydrogen-bond donors (Lipinski definition) is 1. The van der Waals surface area contributed by atoms with E-state index in [1.165, 1.54) is 25.4 Å². The number of rotatable bonds is 4. The third-order valence-electron chi connectivity index (χ3n) is 4.38. The third-order valence-corrected chi connectivity index (χ3v) is 4.38. The summed E-state index contributed by atoms with van der Waals surface area (Å²) < 4.78 is 77.6. The molecule has 0 aliphatic heterocycles. The predicted molar refractivity (Wildman–Crippen MR) is 96.6 cm³/mol. The second-order valence-electron chi connectivity index (χ2n) is 6.64. The van der Waals surface area contributed by atoms with Crippen molar-refractivity contribution in [3.05, 3.63) is 65.4 Å². The van der Waals surface area contributed by atoms with E-state index in [0.717, 1.165) is 16.9 Å². The quantitative estimate of drug-likeness (QED) is 0.607. The molecule has 0 bridgehead atoms. The molecular weight excluding hydrogens is 428 g/mol.